The van der Waals surface area contributed by atoms with Gasteiger partial charge in [0.1, 0.15) is 6.54 Å². The van der Waals surface area contributed by atoms with Crippen LogP contribution in [0.4, 0.5) is 0 Å². The fraction of sp³-hybridized carbons (Fsp3) is 0.476. The van der Waals surface area contributed by atoms with Crippen LogP contribution in [0.5, 0.6) is 0 Å². The van der Waals surface area contributed by atoms with Gasteiger partial charge in [0.25, 0.3) is 11.6 Å². The van der Waals surface area contributed by atoms with Gasteiger partial charge in [-0.05, 0) is 31.7 Å². The average molecular weight is 429 g/mol. The predicted octanol–water partition coefficient (Wildman–Crippen LogP) is 3.80. The van der Waals surface area contributed by atoms with Crippen molar-refractivity contribution < 1.29 is 19.2 Å². The van der Waals surface area contributed by atoms with Gasteiger partial charge in [0, 0.05) is 22.7 Å². The van der Waals surface area contributed by atoms with Crippen molar-refractivity contribution in [3.8, 4) is 0 Å². The summed E-state index contributed by atoms with van der Waals surface area (Å²) in [6.45, 7) is 3.84. The number of aromatic nitrogens is 3. The highest BCUT2D eigenvalue weighted by molar-refractivity contribution is 7.11. The number of thiazole rings is 1. The molecular weight excluding hydrogens is 404 g/mol. The second kappa shape index (κ2) is 8.51. The molecule has 9 heteroatoms. The van der Waals surface area contributed by atoms with Gasteiger partial charge < -0.3 is 14.5 Å². The Morgan fingerprint density at radius 1 is 1.33 bits per heavy atom. The van der Waals surface area contributed by atoms with Crippen molar-refractivity contribution in [2.75, 3.05) is 6.54 Å². The summed E-state index contributed by atoms with van der Waals surface area (Å²) in [5.74, 6) is -1.09. The molecule has 3 heterocycles. The normalized spacial score (nSPS) is 13.7. The summed E-state index contributed by atoms with van der Waals surface area (Å²) in [7, 11) is 0. The topological polar surface area (TPSA) is 109 Å². The Morgan fingerprint density at radius 3 is 2.77 bits per heavy atom. The fourth-order valence-electron chi connectivity index (χ4n) is 3.50. The minimum atomic E-state index is -1.06. The lowest BCUT2D eigenvalue weighted by Gasteiger charge is -2.20. The molecule has 0 spiro atoms. The van der Waals surface area contributed by atoms with Crippen LogP contribution in [0.2, 0.25) is 0 Å². The van der Waals surface area contributed by atoms with Crippen molar-refractivity contribution in [3.05, 3.63) is 39.1 Å². The molecule has 0 atom stereocenters. The highest BCUT2D eigenvalue weighted by Crippen LogP contribution is 2.40. The van der Waals surface area contributed by atoms with Gasteiger partial charge in [-0.3, -0.25) is 9.59 Å². The zero-order valence-corrected chi connectivity index (χ0v) is 17.9. The van der Waals surface area contributed by atoms with E-state index in [0.717, 1.165) is 41.3 Å². The lowest BCUT2D eigenvalue weighted by molar-refractivity contribution is -0.137. The quantitative estimate of drug-likeness (QED) is 0.552. The van der Waals surface area contributed by atoms with Crippen LogP contribution in [0.3, 0.4) is 0 Å². The number of hydrogen-bond donors (Lipinski definition) is 1. The first-order valence-electron chi connectivity index (χ1n) is 10.2. The number of carboxylic acid groups (broad SMARTS) is 1. The molecule has 1 N–H and O–H groups in total. The smallest absolute Gasteiger partial charge is 0.323 e. The Morgan fingerprint density at radius 2 is 2.13 bits per heavy atom. The minimum absolute atomic E-state index is 0.194. The van der Waals surface area contributed by atoms with Crippen LogP contribution in [0, 0.1) is 0 Å². The van der Waals surface area contributed by atoms with Crippen molar-refractivity contribution in [2.24, 2.45) is 0 Å². The monoisotopic (exact) mass is 428 g/mol. The maximum atomic E-state index is 13.6. The molecule has 0 bridgehead atoms. The third kappa shape index (κ3) is 4.21. The largest absolute Gasteiger partial charge is 0.480 e. The Balaban J connectivity index is 1.75. The van der Waals surface area contributed by atoms with Crippen LogP contribution in [0.1, 0.15) is 70.7 Å². The van der Waals surface area contributed by atoms with E-state index in [1.165, 1.54) is 16.2 Å². The molecule has 1 aliphatic carbocycles. The highest BCUT2D eigenvalue weighted by atomic mass is 32.1. The lowest BCUT2D eigenvalue weighted by Crippen LogP contribution is -2.35. The molecule has 1 amide bonds. The number of amides is 1. The molecule has 0 unspecified atom stereocenters. The van der Waals surface area contributed by atoms with E-state index < -0.39 is 12.5 Å². The number of rotatable bonds is 9. The summed E-state index contributed by atoms with van der Waals surface area (Å²) >= 11 is 1.49. The van der Waals surface area contributed by atoms with E-state index in [0.29, 0.717) is 34.7 Å². The molecule has 0 radical (unpaired) electrons. The molecular formula is C21H24N4O4S. The Kier molecular flexibility index (Phi) is 5.80. The molecule has 4 rings (SSSR count). The number of carbonyl (C=O) groups excluding carboxylic acids is 1. The van der Waals surface area contributed by atoms with E-state index in [1.807, 2.05) is 13.8 Å². The van der Waals surface area contributed by atoms with E-state index in [2.05, 4.69) is 15.1 Å². The summed E-state index contributed by atoms with van der Waals surface area (Å²) in [5, 5.41) is 15.1. The molecule has 1 fully saturated rings. The van der Waals surface area contributed by atoms with E-state index in [-0.39, 0.29) is 12.5 Å². The highest BCUT2D eigenvalue weighted by Gasteiger charge is 2.31. The van der Waals surface area contributed by atoms with E-state index in [1.54, 1.807) is 12.3 Å². The second-order valence-corrected chi connectivity index (χ2v) is 8.76. The molecule has 3 aromatic rings. The molecule has 0 aromatic carbocycles. The second-order valence-electron chi connectivity index (χ2n) is 7.56. The molecule has 0 saturated heterocycles. The number of fused-ring (bicyclic) bond motifs is 1. The Bertz CT molecular complexity index is 1090. The number of aryl methyl sites for hydroxylation is 2. The summed E-state index contributed by atoms with van der Waals surface area (Å²) in [6.07, 6.45) is 6.08. The SMILES string of the molecule is CCCc1noc2nc(C3CC3)cc(C(=O)N(CC(=O)O)Cc3cnc(CC)s3)c12. The first-order valence-corrected chi connectivity index (χ1v) is 11.1. The molecule has 30 heavy (non-hydrogen) atoms. The Labute approximate surface area is 177 Å². The van der Waals surface area contributed by atoms with Crippen LogP contribution in [0.25, 0.3) is 11.1 Å². The number of carboxylic acids is 1. The number of carbonyl (C=O) groups is 2. The van der Waals surface area contributed by atoms with E-state index >= 15 is 0 Å². The average Bonchev–Trinajstić information content (AvgIpc) is 3.35. The lowest BCUT2D eigenvalue weighted by atomic mass is 10.0. The van der Waals surface area contributed by atoms with Crippen LogP contribution in [0.15, 0.2) is 16.8 Å². The first-order chi connectivity index (χ1) is 14.5. The minimum Gasteiger partial charge on any atom is -0.480 e. The van der Waals surface area contributed by atoms with Gasteiger partial charge in [0.2, 0.25) is 0 Å². The maximum Gasteiger partial charge on any atom is 0.323 e. The molecule has 8 nitrogen and oxygen atoms in total. The van der Waals surface area contributed by atoms with Gasteiger partial charge in [-0.15, -0.1) is 11.3 Å². The van der Waals surface area contributed by atoms with Gasteiger partial charge in [-0.2, -0.15) is 0 Å². The van der Waals surface area contributed by atoms with Crippen molar-refractivity contribution in [1.82, 2.24) is 20.0 Å². The molecule has 1 saturated carbocycles. The number of pyridine rings is 1. The van der Waals surface area contributed by atoms with Gasteiger partial charge in [0.05, 0.1) is 28.2 Å². The fourth-order valence-corrected chi connectivity index (χ4v) is 4.38. The molecule has 3 aromatic heterocycles. The molecule has 0 aliphatic heterocycles. The van der Waals surface area contributed by atoms with Crippen LogP contribution in [-0.4, -0.2) is 43.6 Å². The standard InChI is InChI=1S/C21H24N4O4S/c1-3-5-15-19-14(8-16(12-6-7-12)23-20(19)29-24-15)21(28)25(11-18(26)27)10-13-9-22-17(4-2)30-13/h8-9,12H,3-7,10-11H2,1-2H3,(H,26,27). The summed E-state index contributed by atoms with van der Waals surface area (Å²) in [6, 6.07) is 1.80. The van der Waals surface area contributed by atoms with Crippen LogP contribution >= 0.6 is 11.3 Å². The van der Waals surface area contributed by atoms with Crippen LogP contribution < -0.4 is 0 Å². The van der Waals surface area contributed by atoms with Gasteiger partial charge in [-0.25, -0.2) is 9.97 Å². The van der Waals surface area contributed by atoms with Gasteiger partial charge >= 0.3 is 5.97 Å². The van der Waals surface area contributed by atoms with E-state index in [4.69, 9.17) is 4.52 Å². The predicted molar refractivity (Wildman–Crippen MR) is 112 cm³/mol. The van der Waals surface area contributed by atoms with Crippen molar-refractivity contribution in [3.63, 3.8) is 0 Å². The first kappa shape index (κ1) is 20.5. The zero-order valence-electron chi connectivity index (χ0n) is 17.1. The van der Waals surface area contributed by atoms with Gasteiger partial charge in [-0.1, -0.05) is 25.4 Å². The number of hydrogen-bond acceptors (Lipinski definition) is 7. The van der Waals surface area contributed by atoms with Crippen molar-refractivity contribution >= 4 is 34.3 Å². The number of aliphatic carboxylic acids is 1. The third-order valence-corrected chi connectivity index (χ3v) is 6.24. The summed E-state index contributed by atoms with van der Waals surface area (Å²) < 4.78 is 5.45. The molecule has 1 aliphatic rings. The van der Waals surface area contributed by atoms with E-state index in [9.17, 15) is 14.7 Å². The zero-order chi connectivity index (χ0) is 21.3. The maximum absolute atomic E-state index is 13.6. The third-order valence-electron chi connectivity index (χ3n) is 5.11. The van der Waals surface area contributed by atoms with Gasteiger partial charge in [0.15, 0.2) is 0 Å². The Hall–Kier alpha value is -2.81. The van der Waals surface area contributed by atoms with Crippen molar-refractivity contribution in [1.29, 1.82) is 0 Å². The van der Waals surface area contributed by atoms with Crippen molar-refractivity contribution in [2.45, 2.75) is 58.4 Å². The number of nitrogens with zero attached hydrogens (tertiary/aromatic N) is 4. The molecule has 158 valence electrons. The summed E-state index contributed by atoms with van der Waals surface area (Å²) in [4.78, 5) is 36.2. The van der Waals surface area contributed by atoms with Crippen LogP contribution in [-0.2, 0) is 24.2 Å². The summed E-state index contributed by atoms with van der Waals surface area (Å²) in [5.41, 5.74) is 2.28.